The molecule has 2 aliphatic rings. The van der Waals surface area contributed by atoms with E-state index in [0.717, 1.165) is 18.4 Å². The Hall–Kier alpha value is -0.950. The summed E-state index contributed by atoms with van der Waals surface area (Å²) in [4.78, 5) is 0.412. The lowest BCUT2D eigenvalue weighted by Crippen LogP contribution is -2.40. The first-order chi connectivity index (χ1) is 10.1. The van der Waals surface area contributed by atoms with Gasteiger partial charge in [0.25, 0.3) is 0 Å². The summed E-state index contributed by atoms with van der Waals surface area (Å²) >= 11 is 0. The molecule has 1 aliphatic carbocycles. The summed E-state index contributed by atoms with van der Waals surface area (Å²) < 4.78 is 32.0. The number of nitrogens with zero attached hydrogens (tertiary/aromatic N) is 1. The van der Waals surface area contributed by atoms with Crippen molar-refractivity contribution in [3.05, 3.63) is 29.8 Å². The Morgan fingerprint density at radius 2 is 1.95 bits per heavy atom. The van der Waals surface area contributed by atoms with Gasteiger partial charge in [-0.15, -0.1) is 0 Å². The van der Waals surface area contributed by atoms with Crippen LogP contribution < -0.4 is 5.32 Å². The Labute approximate surface area is 126 Å². The van der Waals surface area contributed by atoms with Gasteiger partial charge in [-0.3, -0.25) is 0 Å². The molecule has 0 spiro atoms. The zero-order chi connectivity index (χ0) is 14.9. The Bertz CT molecular complexity index is 591. The van der Waals surface area contributed by atoms with E-state index in [1.54, 1.807) is 6.07 Å². The van der Waals surface area contributed by atoms with Crippen molar-refractivity contribution in [3.8, 4) is 0 Å². The first-order valence-electron chi connectivity index (χ1n) is 7.46. The monoisotopic (exact) mass is 310 g/mol. The smallest absolute Gasteiger partial charge is 0.243 e. The predicted molar refractivity (Wildman–Crippen MR) is 80.8 cm³/mol. The number of ether oxygens (including phenoxy) is 1. The van der Waals surface area contributed by atoms with Crippen LogP contribution in [0, 0.1) is 0 Å². The molecular weight excluding hydrogens is 288 g/mol. The van der Waals surface area contributed by atoms with Crippen LogP contribution in [0.4, 0.5) is 0 Å². The maximum absolute atomic E-state index is 12.6. The molecule has 1 aromatic carbocycles. The van der Waals surface area contributed by atoms with Crippen LogP contribution in [0.15, 0.2) is 29.2 Å². The molecule has 1 aliphatic heterocycles. The molecular formula is C15H22N2O3S. The molecule has 1 saturated carbocycles. The number of morpholine rings is 1. The summed E-state index contributed by atoms with van der Waals surface area (Å²) in [6.07, 6.45) is 2.16. The second kappa shape index (κ2) is 6.04. The Balaban J connectivity index is 1.79. The van der Waals surface area contributed by atoms with Crippen molar-refractivity contribution in [1.29, 1.82) is 0 Å². The van der Waals surface area contributed by atoms with Gasteiger partial charge in [0.2, 0.25) is 10.0 Å². The van der Waals surface area contributed by atoms with E-state index in [2.05, 4.69) is 5.32 Å². The number of sulfonamides is 1. The molecule has 0 aromatic heterocycles. The van der Waals surface area contributed by atoms with Crippen molar-refractivity contribution in [1.82, 2.24) is 9.62 Å². The first kappa shape index (κ1) is 15.0. The van der Waals surface area contributed by atoms with E-state index in [1.165, 1.54) is 4.31 Å². The summed E-state index contributed by atoms with van der Waals surface area (Å²) in [6.45, 7) is 1.84. The van der Waals surface area contributed by atoms with Crippen molar-refractivity contribution in [2.75, 3.05) is 33.4 Å². The summed E-state index contributed by atoms with van der Waals surface area (Å²) in [5.74, 6) is 0.474. The number of hydrogen-bond donors (Lipinski definition) is 1. The molecule has 0 atom stereocenters. The van der Waals surface area contributed by atoms with Gasteiger partial charge in [0.15, 0.2) is 0 Å². The van der Waals surface area contributed by atoms with Crippen LogP contribution in [0.3, 0.4) is 0 Å². The minimum absolute atomic E-state index is 0.412. The van der Waals surface area contributed by atoms with Crippen molar-refractivity contribution in [2.24, 2.45) is 0 Å². The van der Waals surface area contributed by atoms with Gasteiger partial charge in [-0.2, -0.15) is 4.31 Å². The zero-order valence-corrected chi connectivity index (χ0v) is 13.1. The second-order valence-corrected chi connectivity index (χ2v) is 7.68. The third-order valence-corrected chi connectivity index (χ3v) is 6.38. The van der Waals surface area contributed by atoms with Gasteiger partial charge in [0, 0.05) is 19.1 Å². The molecule has 3 rings (SSSR count). The molecule has 0 radical (unpaired) electrons. The fourth-order valence-corrected chi connectivity index (χ4v) is 4.45. The third-order valence-electron chi connectivity index (χ3n) is 4.48. The lowest BCUT2D eigenvalue weighted by Gasteiger charge is -2.35. The molecule has 1 aromatic rings. The molecule has 0 unspecified atom stereocenters. The quantitative estimate of drug-likeness (QED) is 0.907. The van der Waals surface area contributed by atoms with E-state index in [0.29, 0.717) is 43.2 Å². The third kappa shape index (κ3) is 2.99. The second-order valence-electron chi connectivity index (χ2n) is 5.74. The van der Waals surface area contributed by atoms with E-state index in [1.807, 2.05) is 25.2 Å². The maximum atomic E-state index is 12.6. The van der Waals surface area contributed by atoms with Gasteiger partial charge in [-0.25, -0.2) is 8.42 Å². The topological polar surface area (TPSA) is 58.6 Å². The highest BCUT2D eigenvalue weighted by molar-refractivity contribution is 7.89. The normalized spacial score (nSPS) is 27.3. The van der Waals surface area contributed by atoms with Crippen molar-refractivity contribution < 1.29 is 13.2 Å². The van der Waals surface area contributed by atoms with Crippen LogP contribution >= 0.6 is 0 Å². The molecule has 2 fully saturated rings. The highest BCUT2D eigenvalue weighted by Gasteiger charge is 2.31. The number of benzene rings is 1. The van der Waals surface area contributed by atoms with Crippen LogP contribution in [0.2, 0.25) is 0 Å². The Morgan fingerprint density at radius 1 is 1.24 bits per heavy atom. The van der Waals surface area contributed by atoms with Gasteiger partial charge in [-0.1, -0.05) is 12.1 Å². The van der Waals surface area contributed by atoms with Crippen LogP contribution in [0.5, 0.6) is 0 Å². The number of rotatable bonds is 4. The molecule has 21 heavy (non-hydrogen) atoms. The zero-order valence-electron chi connectivity index (χ0n) is 12.3. The van der Waals surface area contributed by atoms with Gasteiger partial charge < -0.3 is 10.1 Å². The van der Waals surface area contributed by atoms with Crippen LogP contribution in [0.1, 0.15) is 24.3 Å². The fraction of sp³-hybridized carbons (Fsp3) is 0.600. The van der Waals surface area contributed by atoms with Gasteiger partial charge in [0.1, 0.15) is 0 Å². The summed E-state index contributed by atoms with van der Waals surface area (Å²) in [5, 5.41) is 3.26. The molecule has 0 bridgehead atoms. The van der Waals surface area contributed by atoms with Crippen molar-refractivity contribution in [2.45, 2.75) is 29.7 Å². The highest BCUT2D eigenvalue weighted by atomic mass is 32.2. The van der Waals surface area contributed by atoms with E-state index < -0.39 is 10.0 Å². The van der Waals surface area contributed by atoms with E-state index in [-0.39, 0.29) is 0 Å². The summed E-state index contributed by atoms with van der Waals surface area (Å²) in [5.41, 5.74) is 1.14. The largest absolute Gasteiger partial charge is 0.379 e. The van der Waals surface area contributed by atoms with Crippen LogP contribution in [-0.4, -0.2) is 52.1 Å². The summed E-state index contributed by atoms with van der Waals surface area (Å²) in [7, 11) is -1.41. The Morgan fingerprint density at radius 3 is 2.62 bits per heavy atom. The van der Waals surface area contributed by atoms with E-state index in [4.69, 9.17) is 4.74 Å². The Kier molecular flexibility index (Phi) is 4.31. The number of hydrogen-bond acceptors (Lipinski definition) is 4. The first-order valence-corrected chi connectivity index (χ1v) is 8.90. The standard InChI is InChI=1S/C15H22N2O3S/c1-16-14-9-13(10-14)12-3-2-4-15(11-12)21(18,19)17-5-7-20-8-6-17/h2-4,11,13-14,16H,5-10H2,1H3. The molecule has 1 N–H and O–H groups in total. The molecule has 116 valence electrons. The molecule has 1 heterocycles. The minimum atomic E-state index is -3.38. The average molecular weight is 310 g/mol. The van der Waals surface area contributed by atoms with Crippen LogP contribution in [-0.2, 0) is 14.8 Å². The van der Waals surface area contributed by atoms with Gasteiger partial charge in [-0.05, 0) is 43.5 Å². The molecule has 0 amide bonds. The minimum Gasteiger partial charge on any atom is -0.379 e. The number of nitrogens with one attached hydrogen (secondary N) is 1. The average Bonchev–Trinajstić information content (AvgIpc) is 2.47. The van der Waals surface area contributed by atoms with Crippen molar-refractivity contribution in [3.63, 3.8) is 0 Å². The van der Waals surface area contributed by atoms with E-state index >= 15 is 0 Å². The van der Waals surface area contributed by atoms with Gasteiger partial charge >= 0.3 is 0 Å². The maximum Gasteiger partial charge on any atom is 0.243 e. The lowest BCUT2D eigenvalue weighted by molar-refractivity contribution is 0.0730. The van der Waals surface area contributed by atoms with Crippen molar-refractivity contribution >= 4 is 10.0 Å². The van der Waals surface area contributed by atoms with Crippen LogP contribution in [0.25, 0.3) is 0 Å². The highest BCUT2D eigenvalue weighted by Crippen LogP contribution is 2.37. The molecule has 5 nitrogen and oxygen atoms in total. The lowest BCUT2D eigenvalue weighted by atomic mass is 9.76. The predicted octanol–water partition coefficient (Wildman–Crippen LogP) is 1.17. The summed E-state index contributed by atoms with van der Waals surface area (Å²) in [6, 6.07) is 8.00. The SMILES string of the molecule is CNC1CC(c2cccc(S(=O)(=O)N3CCOCC3)c2)C1. The molecule has 6 heteroatoms. The van der Waals surface area contributed by atoms with Gasteiger partial charge in [0.05, 0.1) is 18.1 Å². The van der Waals surface area contributed by atoms with E-state index in [9.17, 15) is 8.42 Å². The molecule has 1 saturated heterocycles. The fourth-order valence-electron chi connectivity index (χ4n) is 2.99.